The molecule has 0 aliphatic carbocycles. The maximum absolute atomic E-state index is 12.1. The molecule has 0 bridgehead atoms. The molecule has 0 aromatic rings. The van der Waals surface area contributed by atoms with E-state index in [2.05, 4.69) is 18.7 Å². The molecule has 3 heteroatoms. The average Bonchev–Trinajstić information content (AvgIpc) is 2.32. The first-order chi connectivity index (χ1) is 8.16. The van der Waals surface area contributed by atoms with Gasteiger partial charge in [-0.05, 0) is 45.1 Å². The van der Waals surface area contributed by atoms with Gasteiger partial charge in [-0.15, -0.1) is 0 Å². The molecule has 3 nitrogen and oxygen atoms in total. The van der Waals surface area contributed by atoms with Crippen LogP contribution in [0.3, 0.4) is 0 Å². The number of amides is 1. The van der Waals surface area contributed by atoms with E-state index in [0.29, 0.717) is 17.9 Å². The van der Waals surface area contributed by atoms with Gasteiger partial charge in [-0.2, -0.15) is 0 Å². The first-order valence-electron chi connectivity index (χ1n) is 7.16. The van der Waals surface area contributed by atoms with Crippen LogP contribution in [0.15, 0.2) is 0 Å². The number of nitrogens with zero attached hydrogens (tertiary/aromatic N) is 1. The van der Waals surface area contributed by atoms with Gasteiger partial charge in [0.25, 0.3) is 0 Å². The van der Waals surface area contributed by atoms with Crippen molar-refractivity contribution in [3.63, 3.8) is 0 Å². The molecule has 17 heavy (non-hydrogen) atoms. The third-order valence-corrected chi connectivity index (χ3v) is 4.04. The first-order valence-corrected chi connectivity index (χ1v) is 7.16. The van der Waals surface area contributed by atoms with Crippen LogP contribution in [0, 0.1) is 5.92 Å². The van der Waals surface area contributed by atoms with Crippen molar-refractivity contribution in [1.29, 1.82) is 0 Å². The lowest BCUT2D eigenvalue weighted by Gasteiger charge is -2.38. The molecule has 100 valence electrons. The molecule has 1 aliphatic heterocycles. The molecule has 1 heterocycles. The molecular weight excluding hydrogens is 212 g/mol. The monoisotopic (exact) mass is 240 g/mol. The molecule has 1 fully saturated rings. The molecule has 0 saturated carbocycles. The minimum Gasteiger partial charge on any atom is -0.340 e. The van der Waals surface area contributed by atoms with Crippen molar-refractivity contribution in [3.8, 4) is 0 Å². The summed E-state index contributed by atoms with van der Waals surface area (Å²) in [6, 6.07) is 0.431. The van der Waals surface area contributed by atoms with Gasteiger partial charge in [0, 0.05) is 19.0 Å². The highest BCUT2D eigenvalue weighted by Crippen LogP contribution is 2.23. The molecule has 1 rings (SSSR count). The molecule has 0 aromatic carbocycles. The summed E-state index contributed by atoms with van der Waals surface area (Å²) in [6.45, 7) is 6.18. The van der Waals surface area contributed by atoms with E-state index in [1.165, 1.54) is 12.8 Å². The van der Waals surface area contributed by atoms with E-state index < -0.39 is 0 Å². The van der Waals surface area contributed by atoms with E-state index in [4.69, 9.17) is 5.73 Å². The fourth-order valence-corrected chi connectivity index (χ4v) is 2.61. The molecule has 1 aliphatic rings. The van der Waals surface area contributed by atoms with Crippen LogP contribution >= 0.6 is 0 Å². The Morgan fingerprint density at radius 2 is 1.94 bits per heavy atom. The second-order valence-corrected chi connectivity index (χ2v) is 5.40. The second kappa shape index (κ2) is 7.70. The molecular formula is C14H28N2O. The van der Waals surface area contributed by atoms with Crippen molar-refractivity contribution in [2.75, 3.05) is 13.1 Å². The fraction of sp³-hybridized carbons (Fsp3) is 0.929. The highest BCUT2D eigenvalue weighted by molar-refractivity contribution is 5.76. The Bertz CT molecular complexity index is 230. The lowest BCUT2D eigenvalue weighted by molar-refractivity contribution is -0.135. The number of carbonyl (C=O) groups is 1. The van der Waals surface area contributed by atoms with Gasteiger partial charge in [0.15, 0.2) is 0 Å². The zero-order chi connectivity index (χ0) is 12.7. The predicted octanol–water partition coefficient (Wildman–Crippen LogP) is 2.54. The molecule has 0 radical (unpaired) electrons. The zero-order valence-corrected chi connectivity index (χ0v) is 11.5. The maximum Gasteiger partial charge on any atom is 0.222 e. The number of likely N-dealkylation sites (tertiary alicyclic amines) is 1. The van der Waals surface area contributed by atoms with Crippen LogP contribution in [0.4, 0.5) is 0 Å². The van der Waals surface area contributed by atoms with Crippen molar-refractivity contribution < 1.29 is 4.79 Å². The quantitative estimate of drug-likeness (QED) is 0.725. The lowest BCUT2D eigenvalue weighted by atomic mass is 9.91. The largest absolute Gasteiger partial charge is 0.340 e. The molecule has 2 unspecified atom stereocenters. The number of hydrogen-bond donors (Lipinski definition) is 1. The number of nitrogens with two attached hydrogens (primary N) is 1. The average molecular weight is 240 g/mol. The summed E-state index contributed by atoms with van der Waals surface area (Å²) in [5, 5.41) is 0. The van der Waals surface area contributed by atoms with E-state index in [0.717, 1.165) is 45.2 Å². The summed E-state index contributed by atoms with van der Waals surface area (Å²) < 4.78 is 0. The molecule has 1 amide bonds. The van der Waals surface area contributed by atoms with Crippen molar-refractivity contribution in [2.45, 2.75) is 64.8 Å². The minimum absolute atomic E-state index is 0.358. The molecule has 0 spiro atoms. The number of piperidine rings is 1. The highest BCUT2D eigenvalue weighted by atomic mass is 16.2. The number of rotatable bonds is 6. The van der Waals surface area contributed by atoms with Crippen molar-refractivity contribution in [1.82, 2.24) is 4.90 Å². The summed E-state index contributed by atoms with van der Waals surface area (Å²) in [5.41, 5.74) is 5.45. The predicted molar refractivity (Wildman–Crippen MR) is 71.7 cm³/mol. The topological polar surface area (TPSA) is 46.3 Å². The van der Waals surface area contributed by atoms with E-state index in [9.17, 15) is 4.79 Å². The van der Waals surface area contributed by atoms with Crippen LogP contribution in [0.1, 0.15) is 58.8 Å². The lowest BCUT2D eigenvalue weighted by Crippen LogP contribution is -2.45. The molecule has 2 atom stereocenters. The van der Waals surface area contributed by atoms with Gasteiger partial charge < -0.3 is 10.6 Å². The van der Waals surface area contributed by atoms with Crippen molar-refractivity contribution in [2.24, 2.45) is 11.7 Å². The smallest absolute Gasteiger partial charge is 0.222 e. The van der Waals surface area contributed by atoms with Crippen LogP contribution < -0.4 is 5.73 Å². The Labute approximate surface area is 106 Å². The number of carbonyl (C=O) groups excluding carboxylic acids is 1. The van der Waals surface area contributed by atoms with Crippen LogP contribution in [0.2, 0.25) is 0 Å². The zero-order valence-electron chi connectivity index (χ0n) is 11.5. The SMILES string of the molecule is CC1CCCN(C(=O)CCCCCCN)C1C. The summed E-state index contributed by atoms with van der Waals surface area (Å²) >= 11 is 0. The van der Waals surface area contributed by atoms with Gasteiger partial charge in [0.1, 0.15) is 0 Å². The Hall–Kier alpha value is -0.570. The highest BCUT2D eigenvalue weighted by Gasteiger charge is 2.27. The third-order valence-electron chi connectivity index (χ3n) is 4.04. The Morgan fingerprint density at radius 3 is 2.65 bits per heavy atom. The maximum atomic E-state index is 12.1. The second-order valence-electron chi connectivity index (χ2n) is 5.40. The summed E-state index contributed by atoms with van der Waals surface area (Å²) in [5.74, 6) is 1.02. The third kappa shape index (κ3) is 4.66. The number of hydrogen-bond acceptors (Lipinski definition) is 2. The van der Waals surface area contributed by atoms with Gasteiger partial charge in [-0.1, -0.05) is 19.8 Å². The standard InChI is InChI=1S/C14H28N2O/c1-12-8-7-11-16(13(12)2)14(17)9-5-3-4-6-10-15/h12-13H,3-11,15H2,1-2H3. The minimum atomic E-state index is 0.358. The summed E-state index contributed by atoms with van der Waals surface area (Å²) in [7, 11) is 0. The van der Waals surface area contributed by atoms with E-state index in [-0.39, 0.29) is 0 Å². The van der Waals surface area contributed by atoms with Gasteiger partial charge >= 0.3 is 0 Å². The summed E-state index contributed by atoms with van der Waals surface area (Å²) in [6.07, 6.45) is 7.58. The Balaban J connectivity index is 2.22. The summed E-state index contributed by atoms with van der Waals surface area (Å²) in [4.78, 5) is 14.2. The van der Waals surface area contributed by atoms with Crippen molar-refractivity contribution >= 4 is 5.91 Å². The van der Waals surface area contributed by atoms with Crippen LogP contribution in [-0.2, 0) is 4.79 Å². The van der Waals surface area contributed by atoms with E-state index in [1.54, 1.807) is 0 Å². The normalized spacial score (nSPS) is 25.0. The number of unbranched alkanes of at least 4 members (excludes halogenated alkanes) is 3. The Kier molecular flexibility index (Phi) is 6.56. The first kappa shape index (κ1) is 14.5. The van der Waals surface area contributed by atoms with Crippen LogP contribution in [0.25, 0.3) is 0 Å². The fourth-order valence-electron chi connectivity index (χ4n) is 2.61. The van der Waals surface area contributed by atoms with Gasteiger partial charge in [-0.25, -0.2) is 0 Å². The molecule has 2 N–H and O–H groups in total. The Morgan fingerprint density at radius 1 is 1.24 bits per heavy atom. The van der Waals surface area contributed by atoms with Crippen LogP contribution in [-0.4, -0.2) is 29.9 Å². The molecule has 1 saturated heterocycles. The van der Waals surface area contributed by atoms with E-state index in [1.807, 2.05) is 0 Å². The van der Waals surface area contributed by atoms with Gasteiger partial charge in [0.2, 0.25) is 5.91 Å². The molecule has 0 aromatic heterocycles. The van der Waals surface area contributed by atoms with Crippen LogP contribution in [0.5, 0.6) is 0 Å². The van der Waals surface area contributed by atoms with Gasteiger partial charge in [0.05, 0.1) is 0 Å². The van der Waals surface area contributed by atoms with E-state index >= 15 is 0 Å². The van der Waals surface area contributed by atoms with Crippen molar-refractivity contribution in [3.05, 3.63) is 0 Å². The van der Waals surface area contributed by atoms with Gasteiger partial charge in [-0.3, -0.25) is 4.79 Å².